The Bertz CT molecular complexity index is 487. The van der Waals surface area contributed by atoms with E-state index in [0.717, 1.165) is 18.7 Å². The zero-order valence-corrected chi connectivity index (χ0v) is 13.7. The van der Waals surface area contributed by atoms with Crippen molar-refractivity contribution in [3.05, 3.63) is 23.8 Å². The van der Waals surface area contributed by atoms with E-state index in [9.17, 15) is 8.78 Å². The van der Waals surface area contributed by atoms with Crippen LogP contribution < -0.4 is 25.0 Å². The van der Waals surface area contributed by atoms with Crippen molar-refractivity contribution >= 4 is 17.3 Å². The molecule has 0 aliphatic rings. The maximum Gasteiger partial charge on any atom is 0.387 e. The number of hydrogen-bond acceptors (Lipinski definition) is 3. The van der Waals surface area contributed by atoms with Crippen LogP contribution in [0.3, 0.4) is 0 Å². The number of hydrogen-bond donors (Lipinski definition) is 3. The molecule has 22 heavy (non-hydrogen) atoms. The van der Waals surface area contributed by atoms with Crippen LogP contribution in [0.25, 0.3) is 0 Å². The van der Waals surface area contributed by atoms with E-state index in [1.54, 1.807) is 12.1 Å². The highest BCUT2D eigenvalue weighted by Gasteiger charge is 2.11. The lowest BCUT2D eigenvalue weighted by atomic mass is 10.2. The normalized spacial score (nSPS) is 10.7. The molecule has 0 unspecified atom stereocenters. The average Bonchev–Trinajstić information content (AvgIpc) is 2.45. The number of likely N-dealkylation sites (N-methyl/N-ethyl adjacent to an activating group) is 1. The molecule has 0 aliphatic carbocycles. The van der Waals surface area contributed by atoms with Gasteiger partial charge < -0.3 is 25.0 Å². The summed E-state index contributed by atoms with van der Waals surface area (Å²) >= 11 is 5.16. The van der Waals surface area contributed by atoms with Crippen LogP contribution in [-0.4, -0.2) is 46.0 Å². The Kier molecular flexibility index (Phi) is 7.83. The molecule has 0 fully saturated rings. The highest BCUT2D eigenvalue weighted by atomic mass is 32.1. The summed E-state index contributed by atoms with van der Waals surface area (Å²) in [4.78, 5) is 1.33. The molecule has 8 heteroatoms. The molecule has 0 bridgehead atoms. The quantitative estimate of drug-likeness (QED) is 0.601. The van der Waals surface area contributed by atoms with Gasteiger partial charge in [-0.3, -0.25) is 0 Å². The SMILES string of the molecule is COc1cc(CNC(=S)NCC[NH+](C)C)ccc1OC(F)F. The van der Waals surface area contributed by atoms with Gasteiger partial charge in [0, 0.05) is 6.54 Å². The van der Waals surface area contributed by atoms with Crippen molar-refractivity contribution in [2.24, 2.45) is 0 Å². The number of thiocarbonyl (C=S) groups is 1. The summed E-state index contributed by atoms with van der Waals surface area (Å²) in [5.41, 5.74) is 0.848. The first-order valence-electron chi connectivity index (χ1n) is 6.85. The number of nitrogens with one attached hydrogen (secondary N) is 3. The lowest BCUT2D eigenvalue weighted by Crippen LogP contribution is -3.06. The topological polar surface area (TPSA) is 47.0 Å². The van der Waals surface area contributed by atoms with Crippen LogP contribution in [0, 0.1) is 0 Å². The largest absolute Gasteiger partial charge is 0.493 e. The summed E-state index contributed by atoms with van der Waals surface area (Å²) in [5.74, 6) is 0.269. The molecule has 0 saturated carbocycles. The molecular formula is C14H22F2N3O2S+. The molecule has 0 aromatic heterocycles. The minimum atomic E-state index is -2.88. The standard InChI is InChI=1S/C14H21F2N3O2S/c1-19(2)7-6-17-14(22)18-9-10-4-5-11(21-13(15)16)12(8-10)20-3/h4-5,8,13H,6-7,9H2,1-3H3,(H2,17,18,22)/p+1. The Balaban J connectivity index is 2.50. The third kappa shape index (κ3) is 6.86. The van der Waals surface area contributed by atoms with Crippen molar-refractivity contribution < 1.29 is 23.2 Å². The lowest BCUT2D eigenvalue weighted by Gasteiger charge is -2.14. The Morgan fingerprint density at radius 3 is 2.59 bits per heavy atom. The zero-order chi connectivity index (χ0) is 16.5. The Morgan fingerprint density at radius 2 is 2.00 bits per heavy atom. The Labute approximate surface area is 134 Å². The molecule has 0 heterocycles. The first-order valence-corrected chi connectivity index (χ1v) is 7.25. The van der Waals surface area contributed by atoms with Crippen molar-refractivity contribution in [1.82, 2.24) is 10.6 Å². The third-order valence-electron chi connectivity index (χ3n) is 2.81. The molecule has 0 radical (unpaired) electrons. The number of quaternary nitrogens is 1. The van der Waals surface area contributed by atoms with Crippen molar-refractivity contribution in [3.63, 3.8) is 0 Å². The summed E-state index contributed by atoms with van der Waals surface area (Å²) in [5, 5.41) is 6.69. The van der Waals surface area contributed by atoms with E-state index in [-0.39, 0.29) is 11.5 Å². The first kappa shape index (κ1) is 18.4. The third-order valence-corrected chi connectivity index (χ3v) is 3.10. The van der Waals surface area contributed by atoms with E-state index in [1.807, 2.05) is 0 Å². The molecule has 0 atom stereocenters. The minimum Gasteiger partial charge on any atom is -0.493 e. The van der Waals surface area contributed by atoms with Gasteiger partial charge in [0.1, 0.15) is 0 Å². The molecule has 5 nitrogen and oxygen atoms in total. The smallest absolute Gasteiger partial charge is 0.387 e. The Hall–Kier alpha value is -1.67. The van der Waals surface area contributed by atoms with Crippen molar-refractivity contribution in [1.29, 1.82) is 0 Å². The van der Waals surface area contributed by atoms with E-state index in [0.29, 0.717) is 11.7 Å². The van der Waals surface area contributed by atoms with E-state index in [4.69, 9.17) is 17.0 Å². The van der Waals surface area contributed by atoms with Crippen LogP contribution in [0.5, 0.6) is 11.5 Å². The van der Waals surface area contributed by atoms with Gasteiger partial charge in [-0.05, 0) is 29.9 Å². The molecule has 1 aromatic carbocycles. The van der Waals surface area contributed by atoms with Gasteiger partial charge in [0.2, 0.25) is 0 Å². The average molecular weight is 334 g/mol. The second kappa shape index (κ2) is 9.37. The van der Waals surface area contributed by atoms with Gasteiger partial charge >= 0.3 is 6.61 Å². The summed E-state index contributed by atoms with van der Waals surface area (Å²) in [6.07, 6.45) is 0. The van der Waals surface area contributed by atoms with Crippen molar-refractivity contribution in [3.8, 4) is 11.5 Å². The molecule has 0 saturated heterocycles. The monoisotopic (exact) mass is 334 g/mol. The van der Waals surface area contributed by atoms with E-state index < -0.39 is 6.61 Å². The van der Waals surface area contributed by atoms with Gasteiger partial charge in [0.25, 0.3) is 0 Å². The number of methoxy groups -OCH3 is 1. The zero-order valence-electron chi connectivity index (χ0n) is 12.9. The highest BCUT2D eigenvalue weighted by Crippen LogP contribution is 2.29. The predicted molar refractivity (Wildman–Crippen MR) is 84.7 cm³/mol. The fraction of sp³-hybridized carbons (Fsp3) is 0.500. The molecular weight excluding hydrogens is 312 g/mol. The second-order valence-electron chi connectivity index (χ2n) is 4.93. The molecule has 3 N–H and O–H groups in total. The van der Waals surface area contributed by atoms with Gasteiger partial charge in [-0.1, -0.05) is 6.07 Å². The molecule has 124 valence electrons. The number of rotatable bonds is 8. The van der Waals surface area contributed by atoms with Crippen molar-refractivity contribution in [2.75, 3.05) is 34.3 Å². The van der Waals surface area contributed by atoms with Crippen LogP contribution in [-0.2, 0) is 6.54 Å². The second-order valence-corrected chi connectivity index (χ2v) is 5.34. The highest BCUT2D eigenvalue weighted by molar-refractivity contribution is 7.80. The summed E-state index contributed by atoms with van der Waals surface area (Å²) in [6.45, 7) is -0.687. The molecule has 1 aromatic rings. The fourth-order valence-corrected chi connectivity index (χ4v) is 1.86. The predicted octanol–water partition coefficient (Wildman–Crippen LogP) is 0.405. The van der Waals surface area contributed by atoms with Crippen LogP contribution in [0.2, 0.25) is 0 Å². The number of alkyl halides is 2. The van der Waals surface area contributed by atoms with Crippen molar-refractivity contribution in [2.45, 2.75) is 13.2 Å². The first-order chi connectivity index (χ1) is 10.4. The maximum absolute atomic E-state index is 12.2. The fourth-order valence-electron chi connectivity index (χ4n) is 1.69. The molecule has 1 rings (SSSR count). The molecule has 0 spiro atoms. The van der Waals surface area contributed by atoms with Crippen LogP contribution in [0.15, 0.2) is 18.2 Å². The van der Waals surface area contributed by atoms with E-state index in [2.05, 4.69) is 29.5 Å². The van der Waals surface area contributed by atoms with Gasteiger partial charge in [0.15, 0.2) is 16.6 Å². The minimum absolute atomic E-state index is 0.0101. The van der Waals surface area contributed by atoms with E-state index >= 15 is 0 Å². The van der Waals surface area contributed by atoms with Gasteiger partial charge in [-0.25, -0.2) is 0 Å². The number of ether oxygens (including phenoxy) is 2. The van der Waals surface area contributed by atoms with Crippen LogP contribution in [0.1, 0.15) is 5.56 Å². The summed E-state index contributed by atoms with van der Waals surface area (Å²) in [7, 11) is 5.53. The molecule has 0 amide bonds. The number of benzene rings is 1. The van der Waals surface area contributed by atoms with Gasteiger partial charge in [-0.2, -0.15) is 8.78 Å². The lowest BCUT2D eigenvalue weighted by molar-refractivity contribution is -0.856. The van der Waals surface area contributed by atoms with Crippen LogP contribution in [0.4, 0.5) is 8.78 Å². The summed E-state index contributed by atoms with van der Waals surface area (Å²) < 4.78 is 33.9. The Morgan fingerprint density at radius 1 is 1.27 bits per heavy atom. The maximum atomic E-state index is 12.2. The van der Waals surface area contributed by atoms with Crippen LogP contribution >= 0.6 is 12.2 Å². The van der Waals surface area contributed by atoms with E-state index in [1.165, 1.54) is 18.1 Å². The summed E-state index contributed by atoms with van der Waals surface area (Å²) in [6, 6.07) is 4.77. The van der Waals surface area contributed by atoms with Gasteiger partial charge in [-0.15, -0.1) is 0 Å². The van der Waals surface area contributed by atoms with Gasteiger partial charge in [0.05, 0.1) is 34.3 Å². The molecule has 0 aliphatic heterocycles. The number of halogens is 2.